The van der Waals surface area contributed by atoms with Crippen molar-refractivity contribution in [2.75, 3.05) is 19.0 Å². The zero-order valence-electron chi connectivity index (χ0n) is 10.2. The molecule has 0 aliphatic carbocycles. The number of nitriles is 1. The van der Waals surface area contributed by atoms with Crippen molar-refractivity contribution in [1.29, 1.82) is 5.26 Å². The second-order valence-electron chi connectivity index (χ2n) is 3.53. The van der Waals surface area contributed by atoms with E-state index in [9.17, 15) is 9.18 Å². The van der Waals surface area contributed by atoms with Gasteiger partial charge in [0.25, 0.3) is 0 Å². The van der Waals surface area contributed by atoms with E-state index in [1.807, 2.05) is 0 Å². The molecule has 0 fully saturated rings. The highest BCUT2D eigenvalue weighted by Crippen LogP contribution is 2.17. The predicted octanol–water partition coefficient (Wildman–Crippen LogP) is 2.23. The number of carbonyl (C=O) groups is 1. The number of hydrogen-bond acceptors (Lipinski definition) is 4. The molecule has 0 saturated carbocycles. The topological polar surface area (TPSA) is 62.1 Å². The zero-order valence-corrected chi connectivity index (χ0v) is 10.2. The molecule has 94 valence electrons. The van der Waals surface area contributed by atoms with Gasteiger partial charge in [0.2, 0.25) is 0 Å². The predicted molar refractivity (Wildman–Crippen MR) is 65.4 cm³/mol. The van der Waals surface area contributed by atoms with Gasteiger partial charge >= 0.3 is 5.97 Å². The Morgan fingerprint density at radius 1 is 1.61 bits per heavy atom. The summed E-state index contributed by atoms with van der Waals surface area (Å²) < 4.78 is 17.8. The molecule has 0 atom stereocenters. The Hall–Kier alpha value is -2.35. The molecule has 4 nitrogen and oxygen atoms in total. The number of nitrogens with one attached hydrogen (secondary N) is 1. The minimum atomic E-state index is -0.573. The third-order valence-electron chi connectivity index (χ3n) is 2.33. The third-order valence-corrected chi connectivity index (χ3v) is 2.33. The van der Waals surface area contributed by atoms with Crippen LogP contribution in [0.25, 0.3) is 0 Å². The van der Waals surface area contributed by atoms with Crippen LogP contribution in [0.1, 0.15) is 12.5 Å². The Balaban J connectivity index is 2.74. The number of benzene rings is 1. The number of methoxy groups -OCH3 is 1. The van der Waals surface area contributed by atoms with Crippen molar-refractivity contribution in [2.45, 2.75) is 6.92 Å². The minimum absolute atomic E-state index is 0.0402. The normalized spacial score (nSPS) is 10.7. The van der Waals surface area contributed by atoms with Crippen LogP contribution >= 0.6 is 0 Å². The van der Waals surface area contributed by atoms with Crippen LogP contribution in [-0.4, -0.2) is 19.6 Å². The van der Waals surface area contributed by atoms with Crippen molar-refractivity contribution in [1.82, 2.24) is 0 Å². The van der Waals surface area contributed by atoms with Crippen LogP contribution in [0.4, 0.5) is 10.1 Å². The molecule has 0 radical (unpaired) electrons. The quantitative estimate of drug-likeness (QED) is 0.655. The van der Waals surface area contributed by atoms with Gasteiger partial charge in [0.1, 0.15) is 17.4 Å². The molecule has 0 unspecified atom stereocenters. The van der Waals surface area contributed by atoms with E-state index in [0.717, 1.165) is 0 Å². The summed E-state index contributed by atoms with van der Waals surface area (Å²) in [5.74, 6) is -0.993. The monoisotopic (exact) mass is 248 g/mol. The molecule has 0 aromatic heterocycles. The molecule has 0 spiro atoms. The van der Waals surface area contributed by atoms with Crippen LogP contribution in [0.15, 0.2) is 29.8 Å². The van der Waals surface area contributed by atoms with Crippen molar-refractivity contribution in [2.24, 2.45) is 0 Å². The van der Waals surface area contributed by atoms with Gasteiger partial charge in [-0.05, 0) is 19.1 Å². The second kappa shape index (κ2) is 6.40. The minimum Gasteiger partial charge on any atom is -0.466 e. The van der Waals surface area contributed by atoms with E-state index in [0.29, 0.717) is 17.8 Å². The number of carbonyl (C=O) groups excluding carboxylic acids is 1. The lowest BCUT2D eigenvalue weighted by Crippen LogP contribution is -2.06. The molecule has 0 amide bonds. The van der Waals surface area contributed by atoms with E-state index in [2.05, 4.69) is 10.1 Å². The van der Waals surface area contributed by atoms with Gasteiger partial charge in [-0.2, -0.15) is 5.26 Å². The van der Waals surface area contributed by atoms with Gasteiger partial charge in [-0.1, -0.05) is 12.1 Å². The largest absolute Gasteiger partial charge is 0.466 e. The first-order valence-electron chi connectivity index (χ1n) is 5.27. The van der Waals surface area contributed by atoms with E-state index in [1.165, 1.54) is 19.2 Å². The number of esters is 1. The number of nitrogens with zero attached hydrogens (tertiary/aromatic N) is 1. The Kier molecular flexibility index (Phi) is 4.88. The van der Waals surface area contributed by atoms with Crippen LogP contribution in [0.2, 0.25) is 0 Å². The molecule has 1 aromatic carbocycles. The molecule has 0 aliphatic rings. The summed E-state index contributed by atoms with van der Waals surface area (Å²) in [5, 5.41) is 11.7. The van der Waals surface area contributed by atoms with E-state index in [1.54, 1.807) is 25.1 Å². The van der Waals surface area contributed by atoms with Crippen LogP contribution in [0, 0.1) is 17.1 Å². The Morgan fingerprint density at radius 2 is 2.33 bits per heavy atom. The molecule has 0 aliphatic heterocycles. The first kappa shape index (κ1) is 13.7. The number of halogens is 1. The lowest BCUT2D eigenvalue weighted by atomic mass is 10.2. The summed E-state index contributed by atoms with van der Waals surface area (Å²) in [5.41, 5.74) is 0.799. The van der Waals surface area contributed by atoms with Crippen molar-refractivity contribution >= 4 is 11.7 Å². The second-order valence-corrected chi connectivity index (χ2v) is 3.53. The molecular weight excluding hydrogens is 235 g/mol. The van der Waals surface area contributed by atoms with E-state index in [-0.39, 0.29) is 5.56 Å². The van der Waals surface area contributed by atoms with Gasteiger partial charge in [-0.15, -0.1) is 0 Å². The Labute approximate surface area is 105 Å². The molecule has 0 bridgehead atoms. The Bertz CT molecular complexity index is 518. The molecule has 1 rings (SSSR count). The van der Waals surface area contributed by atoms with Crippen LogP contribution in [0.5, 0.6) is 0 Å². The van der Waals surface area contributed by atoms with Gasteiger partial charge < -0.3 is 10.1 Å². The lowest BCUT2D eigenvalue weighted by Gasteiger charge is -2.06. The standard InChI is InChI=1S/C13H13FN2O2/c1-9(13(17)18-2)6-7-16-12-5-3-4-11(14)10(12)8-15/h3-6,16H,7H2,1-2H3/b9-6+. The van der Waals surface area contributed by atoms with Crippen LogP contribution in [-0.2, 0) is 9.53 Å². The molecule has 18 heavy (non-hydrogen) atoms. The summed E-state index contributed by atoms with van der Waals surface area (Å²) >= 11 is 0. The fraction of sp³-hybridized carbons (Fsp3) is 0.231. The molecule has 5 heteroatoms. The average molecular weight is 248 g/mol. The number of rotatable bonds is 4. The summed E-state index contributed by atoms with van der Waals surface area (Å²) in [7, 11) is 1.30. The SMILES string of the molecule is COC(=O)/C(C)=C/CNc1cccc(F)c1C#N. The van der Waals surface area contributed by atoms with Crippen molar-refractivity contribution in [3.05, 3.63) is 41.2 Å². The van der Waals surface area contributed by atoms with Crippen molar-refractivity contribution in [3.8, 4) is 6.07 Å². The van der Waals surface area contributed by atoms with E-state index >= 15 is 0 Å². The highest BCUT2D eigenvalue weighted by Gasteiger charge is 2.07. The van der Waals surface area contributed by atoms with E-state index < -0.39 is 11.8 Å². The fourth-order valence-electron chi connectivity index (χ4n) is 1.34. The van der Waals surface area contributed by atoms with Gasteiger partial charge in [0.15, 0.2) is 0 Å². The van der Waals surface area contributed by atoms with Crippen molar-refractivity contribution in [3.63, 3.8) is 0 Å². The fourth-order valence-corrected chi connectivity index (χ4v) is 1.34. The summed E-state index contributed by atoms with van der Waals surface area (Å²) in [4.78, 5) is 11.1. The first-order chi connectivity index (χ1) is 8.60. The highest BCUT2D eigenvalue weighted by atomic mass is 19.1. The maximum atomic E-state index is 13.3. The summed E-state index contributed by atoms with van der Waals surface area (Å²) in [6.07, 6.45) is 1.61. The third kappa shape index (κ3) is 3.32. The average Bonchev–Trinajstić information content (AvgIpc) is 2.37. The highest BCUT2D eigenvalue weighted by molar-refractivity contribution is 5.87. The molecule has 1 N–H and O–H groups in total. The van der Waals surface area contributed by atoms with Crippen LogP contribution in [0.3, 0.4) is 0 Å². The number of anilines is 1. The number of ether oxygens (including phenoxy) is 1. The van der Waals surface area contributed by atoms with Gasteiger partial charge in [0, 0.05) is 12.1 Å². The summed E-state index contributed by atoms with van der Waals surface area (Å²) in [6.45, 7) is 1.92. The van der Waals surface area contributed by atoms with Gasteiger partial charge in [-0.25, -0.2) is 9.18 Å². The molecule has 0 saturated heterocycles. The van der Waals surface area contributed by atoms with Crippen LogP contribution < -0.4 is 5.32 Å². The zero-order chi connectivity index (χ0) is 13.5. The maximum absolute atomic E-state index is 13.3. The maximum Gasteiger partial charge on any atom is 0.333 e. The van der Waals surface area contributed by atoms with Gasteiger partial charge in [0.05, 0.1) is 12.8 Å². The first-order valence-corrected chi connectivity index (χ1v) is 5.27. The molecule has 0 heterocycles. The lowest BCUT2D eigenvalue weighted by molar-refractivity contribution is -0.136. The van der Waals surface area contributed by atoms with Crippen molar-refractivity contribution < 1.29 is 13.9 Å². The van der Waals surface area contributed by atoms with E-state index in [4.69, 9.17) is 5.26 Å². The number of hydrogen-bond donors (Lipinski definition) is 1. The van der Waals surface area contributed by atoms with Gasteiger partial charge in [-0.3, -0.25) is 0 Å². The molecular formula is C13H13FN2O2. The smallest absolute Gasteiger partial charge is 0.333 e. The Morgan fingerprint density at radius 3 is 2.94 bits per heavy atom. The molecule has 1 aromatic rings. The summed E-state index contributed by atoms with van der Waals surface area (Å²) in [6, 6.07) is 6.12.